The average Bonchev–Trinajstić information content (AvgIpc) is 2.78. The first kappa shape index (κ1) is 6.80. The summed E-state index contributed by atoms with van der Waals surface area (Å²) in [5.41, 5.74) is 0.759. The maximum absolute atomic E-state index is 12.9. The Balaban J connectivity index is 2.15. The van der Waals surface area contributed by atoms with Gasteiger partial charge in [-0.2, -0.15) is 0 Å². The quantitative estimate of drug-likeness (QED) is 0.588. The molecule has 1 saturated heterocycles. The third-order valence-electron chi connectivity index (χ3n) is 1.81. The highest BCUT2D eigenvalue weighted by Crippen LogP contribution is 2.17. The van der Waals surface area contributed by atoms with Gasteiger partial charge >= 0.3 is 0 Å². The number of halogens is 1. The van der Waals surface area contributed by atoms with Gasteiger partial charge in [0.05, 0.1) is 12.7 Å². The molecule has 1 nitrogen and oxygen atoms in total. The molecule has 2 heteroatoms. The lowest BCUT2D eigenvalue weighted by molar-refractivity contribution is 0.405. The Hall–Kier alpha value is -0.890. The monoisotopic (exact) mass is 152 g/mol. The van der Waals surface area contributed by atoms with E-state index in [-0.39, 0.29) is 11.9 Å². The second-order valence-electron chi connectivity index (χ2n) is 2.75. The SMILES string of the molecule is Fc1ccccc1C[C@@H]1CO1. The molecule has 0 aliphatic carbocycles. The maximum atomic E-state index is 12.9. The van der Waals surface area contributed by atoms with Gasteiger partial charge < -0.3 is 4.74 Å². The molecular weight excluding hydrogens is 143 g/mol. The van der Waals surface area contributed by atoms with Crippen molar-refractivity contribution in [3.05, 3.63) is 35.6 Å². The van der Waals surface area contributed by atoms with Crippen LogP contribution in [0.5, 0.6) is 0 Å². The van der Waals surface area contributed by atoms with E-state index in [9.17, 15) is 4.39 Å². The molecule has 0 saturated carbocycles. The van der Waals surface area contributed by atoms with Gasteiger partial charge in [-0.25, -0.2) is 4.39 Å². The second kappa shape index (κ2) is 2.62. The molecule has 58 valence electrons. The highest BCUT2D eigenvalue weighted by Gasteiger charge is 2.23. The normalized spacial score (nSPS) is 21.7. The van der Waals surface area contributed by atoms with Gasteiger partial charge in [-0.15, -0.1) is 0 Å². The molecule has 1 aromatic rings. The van der Waals surface area contributed by atoms with Crippen molar-refractivity contribution in [3.8, 4) is 0 Å². The van der Waals surface area contributed by atoms with E-state index in [0.717, 1.165) is 12.2 Å². The van der Waals surface area contributed by atoms with E-state index in [2.05, 4.69) is 0 Å². The van der Waals surface area contributed by atoms with E-state index >= 15 is 0 Å². The lowest BCUT2D eigenvalue weighted by Crippen LogP contribution is -1.95. The van der Waals surface area contributed by atoms with Crippen LogP contribution in [-0.2, 0) is 11.2 Å². The van der Waals surface area contributed by atoms with Crippen molar-refractivity contribution in [2.24, 2.45) is 0 Å². The van der Waals surface area contributed by atoms with Crippen molar-refractivity contribution in [2.45, 2.75) is 12.5 Å². The maximum Gasteiger partial charge on any atom is 0.126 e. The number of epoxide rings is 1. The fraction of sp³-hybridized carbons (Fsp3) is 0.333. The summed E-state index contributed by atoms with van der Waals surface area (Å²) in [5.74, 6) is -0.122. The number of benzene rings is 1. The van der Waals surface area contributed by atoms with Crippen LogP contribution in [0.1, 0.15) is 5.56 Å². The molecule has 0 N–H and O–H groups in total. The topological polar surface area (TPSA) is 12.5 Å². The van der Waals surface area contributed by atoms with Crippen molar-refractivity contribution in [1.82, 2.24) is 0 Å². The molecule has 11 heavy (non-hydrogen) atoms. The molecule has 0 unspecified atom stereocenters. The van der Waals surface area contributed by atoms with Crippen molar-refractivity contribution < 1.29 is 9.13 Å². The zero-order chi connectivity index (χ0) is 7.68. The Labute approximate surface area is 64.8 Å². The van der Waals surface area contributed by atoms with Gasteiger partial charge in [0.1, 0.15) is 5.82 Å². The predicted octanol–water partition coefficient (Wildman–Crippen LogP) is 1.77. The summed E-state index contributed by atoms with van der Waals surface area (Å²) in [4.78, 5) is 0. The summed E-state index contributed by atoms with van der Waals surface area (Å²) in [7, 11) is 0. The van der Waals surface area contributed by atoms with E-state index in [1.807, 2.05) is 6.07 Å². The first-order valence-electron chi connectivity index (χ1n) is 3.71. The van der Waals surface area contributed by atoms with Crippen LogP contribution in [0.4, 0.5) is 4.39 Å². The highest BCUT2D eigenvalue weighted by molar-refractivity contribution is 5.18. The van der Waals surface area contributed by atoms with Crippen LogP contribution in [0, 0.1) is 5.82 Å². The summed E-state index contributed by atoms with van der Waals surface area (Å²) >= 11 is 0. The summed E-state index contributed by atoms with van der Waals surface area (Å²) in [6.07, 6.45) is 0.985. The minimum Gasteiger partial charge on any atom is -0.373 e. The van der Waals surface area contributed by atoms with E-state index in [1.54, 1.807) is 12.1 Å². The molecular formula is C9H9FO. The molecule has 1 atom stereocenters. The summed E-state index contributed by atoms with van der Waals surface area (Å²) < 4.78 is 17.9. The van der Waals surface area contributed by atoms with E-state index < -0.39 is 0 Å². The molecule has 0 bridgehead atoms. The fourth-order valence-corrected chi connectivity index (χ4v) is 1.10. The Morgan fingerprint density at radius 3 is 2.82 bits per heavy atom. The Morgan fingerprint density at radius 2 is 2.18 bits per heavy atom. The van der Waals surface area contributed by atoms with Crippen molar-refractivity contribution in [1.29, 1.82) is 0 Å². The Kier molecular flexibility index (Phi) is 1.62. The first-order valence-corrected chi connectivity index (χ1v) is 3.71. The first-order chi connectivity index (χ1) is 5.36. The average molecular weight is 152 g/mol. The second-order valence-corrected chi connectivity index (χ2v) is 2.75. The van der Waals surface area contributed by atoms with Crippen LogP contribution in [0.15, 0.2) is 24.3 Å². The molecule has 1 aromatic carbocycles. The van der Waals surface area contributed by atoms with Crippen LogP contribution >= 0.6 is 0 Å². The van der Waals surface area contributed by atoms with Gasteiger partial charge in [-0.1, -0.05) is 18.2 Å². The van der Waals surface area contributed by atoms with Gasteiger partial charge in [-0.05, 0) is 11.6 Å². The molecule has 1 aliphatic heterocycles. The molecule has 1 fully saturated rings. The molecule has 2 rings (SSSR count). The van der Waals surface area contributed by atoms with E-state index in [1.165, 1.54) is 6.07 Å². The van der Waals surface area contributed by atoms with Crippen LogP contribution in [-0.4, -0.2) is 12.7 Å². The zero-order valence-electron chi connectivity index (χ0n) is 6.09. The van der Waals surface area contributed by atoms with Crippen LogP contribution in [0.25, 0.3) is 0 Å². The van der Waals surface area contributed by atoms with E-state index in [0.29, 0.717) is 6.42 Å². The standard InChI is InChI=1S/C9H9FO/c10-9-4-2-1-3-7(9)5-8-6-11-8/h1-4,8H,5-6H2/t8-/m1/s1. The molecule has 1 heterocycles. The Morgan fingerprint density at radius 1 is 1.45 bits per heavy atom. The van der Waals surface area contributed by atoms with Gasteiger partial charge in [0.2, 0.25) is 0 Å². The predicted molar refractivity (Wildman–Crippen MR) is 39.8 cm³/mol. The fourth-order valence-electron chi connectivity index (χ4n) is 1.10. The summed E-state index contributed by atoms with van der Waals surface area (Å²) in [6.45, 7) is 0.786. The third kappa shape index (κ3) is 1.57. The zero-order valence-corrected chi connectivity index (χ0v) is 6.09. The molecule has 0 spiro atoms. The third-order valence-corrected chi connectivity index (χ3v) is 1.81. The summed E-state index contributed by atoms with van der Waals surface area (Å²) in [6, 6.07) is 6.84. The van der Waals surface area contributed by atoms with Gasteiger partial charge in [0.25, 0.3) is 0 Å². The van der Waals surface area contributed by atoms with E-state index in [4.69, 9.17) is 4.74 Å². The smallest absolute Gasteiger partial charge is 0.126 e. The minimum absolute atomic E-state index is 0.122. The number of rotatable bonds is 2. The highest BCUT2D eigenvalue weighted by atomic mass is 19.1. The number of ether oxygens (including phenoxy) is 1. The molecule has 0 amide bonds. The lowest BCUT2D eigenvalue weighted by atomic mass is 10.1. The van der Waals surface area contributed by atoms with Gasteiger partial charge in [0, 0.05) is 6.42 Å². The Bertz CT molecular complexity index is 255. The number of hydrogen-bond acceptors (Lipinski definition) is 1. The molecule has 1 aliphatic rings. The summed E-state index contributed by atoms with van der Waals surface area (Å²) in [5, 5.41) is 0. The lowest BCUT2D eigenvalue weighted by Gasteiger charge is -1.97. The van der Waals surface area contributed by atoms with Gasteiger partial charge in [-0.3, -0.25) is 0 Å². The van der Waals surface area contributed by atoms with Crippen molar-refractivity contribution in [2.75, 3.05) is 6.61 Å². The van der Waals surface area contributed by atoms with Crippen LogP contribution < -0.4 is 0 Å². The van der Waals surface area contributed by atoms with Gasteiger partial charge in [0.15, 0.2) is 0 Å². The van der Waals surface area contributed by atoms with Crippen molar-refractivity contribution >= 4 is 0 Å². The number of hydrogen-bond donors (Lipinski definition) is 0. The molecule has 0 aromatic heterocycles. The minimum atomic E-state index is -0.122. The largest absolute Gasteiger partial charge is 0.373 e. The van der Waals surface area contributed by atoms with Crippen LogP contribution in [0.3, 0.4) is 0 Å². The van der Waals surface area contributed by atoms with Crippen LogP contribution in [0.2, 0.25) is 0 Å². The van der Waals surface area contributed by atoms with Crippen molar-refractivity contribution in [3.63, 3.8) is 0 Å². The molecule has 0 radical (unpaired) electrons.